The molecule has 0 radical (unpaired) electrons. The van der Waals surface area contributed by atoms with Gasteiger partial charge in [-0.05, 0) is 30.7 Å². The molecule has 0 spiro atoms. The molecule has 1 rings (SSSR count). The molecule has 0 aliphatic carbocycles. The number of carbonyl (C=O) groups excluding carboxylic acids is 1. The zero-order valence-corrected chi connectivity index (χ0v) is 10.5. The van der Waals surface area contributed by atoms with Crippen LogP contribution < -0.4 is 5.32 Å². The van der Waals surface area contributed by atoms with Crippen LogP contribution in [-0.2, 0) is 17.1 Å². The van der Waals surface area contributed by atoms with E-state index < -0.39 is 35.3 Å². The molecular formula is C12H11F6NO. The van der Waals surface area contributed by atoms with Gasteiger partial charge in [0.15, 0.2) is 0 Å². The van der Waals surface area contributed by atoms with Crippen LogP contribution in [0.1, 0.15) is 29.5 Å². The molecule has 1 aromatic carbocycles. The van der Waals surface area contributed by atoms with Gasteiger partial charge < -0.3 is 5.32 Å². The molecule has 20 heavy (non-hydrogen) atoms. The second kappa shape index (κ2) is 5.34. The normalized spacial score (nSPS) is 14.0. The van der Waals surface area contributed by atoms with Crippen molar-refractivity contribution in [3.63, 3.8) is 0 Å². The van der Waals surface area contributed by atoms with Gasteiger partial charge in [-0.2, -0.15) is 26.3 Å². The van der Waals surface area contributed by atoms with Crippen LogP contribution in [-0.4, -0.2) is 13.0 Å². The molecule has 1 atom stereocenters. The molecule has 0 bridgehead atoms. The van der Waals surface area contributed by atoms with Crippen molar-refractivity contribution in [2.45, 2.75) is 25.2 Å². The number of likely N-dealkylation sites (N-methyl/N-ethyl adjacent to an activating group) is 1. The lowest BCUT2D eigenvalue weighted by molar-refractivity contribution is -0.143. The Morgan fingerprint density at radius 3 is 1.70 bits per heavy atom. The average molecular weight is 299 g/mol. The van der Waals surface area contributed by atoms with E-state index in [-0.39, 0.29) is 11.6 Å². The molecule has 112 valence electrons. The van der Waals surface area contributed by atoms with Crippen molar-refractivity contribution in [2.24, 2.45) is 0 Å². The third-order valence-electron chi connectivity index (χ3n) is 2.75. The van der Waals surface area contributed by atoms with E-state index >= 15 is 0 Å². The molecule has 0 aromatic heterocycles. The van der Waals surface area contributed by atoms with E-state index in [0.29, 0.717) is 12.1 Å². The standard InChI is InChI=1S/C12H11F6NO/c1-6(10(20)19-2)7-3-8(11(13,14)15)5-9(4-7)12(16,17)18/h3-6H,1-2H3,(H,19,20)/t6-/m1/s1. The van der Waals surface area contributed by atoms with Gasteiger partial charge in [-0.1, -0.05) is 0 Å². The van der Waals surface area contributed by atoms with Crippen molar-refractivity contribution in [3.05, 3.63) is 34.9 Å². The van der Waals surface area contributed by atoms with Gasteiger partial charge in [-0.3, -0.25) is 4.79 Å². The van der Waals surface area contributed by atoms with E-state index in [9.17, 15) is 31.1 Å². The van der Waals surface area contributed by atoms with Crippen LogP contribution in [0.5, 0.6) is 0 Å². The number of carbonyl (C=O) groups is 1. The first-order chi connectivity index (χ1) is 8.96. The second-order valence-electron chi connectivity index (χ2n) is 4.18. The second-order valence-corrected chi connectivity index (χ2v) is 4.18. The number of amides is 1. The summed E-state index contributed by atoms with van der Waals surface area (Å²) in [5.74, 6) is -1.79. The number of benzene rings is 1. The summed E-state index contributed by atoms with van der Waals surface area (Å²) in [5, 5.41) is 2.18. The molecule has 0 heterocycles. The van der Waals surface area contributed by atoms with Gasteiger partial charge in [-0.25, -0.2) is 0 Å². The Morgan fingerprint density at radius 2 is 1.40 bits per heavy atom. The first-order valence-corrected chi connectivity index (χ1v) is 5.47. The van der Waals surface area contributed by atoms with Crippen molar-refractivity contribution < 1.29 is 31.1 Å². The third-order valence-corrected chi connectivity index (χ3v) is 2.75. The minimum Gasteiger partial charge on any atom is -0.359 e. The Kier molecular flexibility index (Phi) is 4.36. The highest BCUT2D eigenvalue weighted by Gasteiger charge is 2.37. The number of hydrogen-bond donors (Lipinski definition) is 1. The third kappa shape index (κ3) is 3.64. The van der Waals surface area contributed by atoms with Crippen molar-refractivity contribution in [1.82, 2.24) is 5.32 Å². The first-order valence-electron chi connectivity index (χ1n) is 5.47. The predicted molar refractivity (Wildman–Crippen MR) is 58.9 cm³/mol. The van der Waals surface area contributed by atoms with Crippen LogP contribution in [0.3, 0.4) is 0 Å². The average Bonchev–Trinajstić information content (AvgIpc) is 2.34. The molecule has 1 N–H and O–H groups in total. The Bertz CT molecular complexity index is 473. The number of nitrogens with one attached hydrogen (secondary N) is 1. The van der Waals surface area contributed by atoms with E-state index in [1.165, 1.54) is 14.0 Å². The predicted octanol–water partition coefficient (Wildman–Crippen LogP) is 3.57. The summed E-state index contributed by atoms with van der Waals surface area (Å²) in [6.07, 6.45) is -9.84. The fraction of sp³-hybridized carbons (Fsp3) is 0.417. The Hall–Kier alpha value is -1.73. The lowest BCUT2D eigenvalue weighted by Crippen LogP contribution is -2.24. The van der Waals surface area contributed by atoms with Crippen LogP contribution >= 0.6 is 0 Å². The van der Waals surface area contributed by atoms with E-state index in [2.05, 4.69) is 5.32 Å². The Labute approximate surface area is 110 Å². The molecule has 0 aliphatic heterocycles. The molecule has 1 aromatic rings. The summed E-state index contributed by atoms with van der Waals surface area (Å²) in [6, 6.07) is 1.13. The van der Waals surface area contributed by atoms with Gasteiger partial charge in [0.05, 0.1) is 17.0 Å². The smallest absolute Gasteiger partial charge is 0.359 e. The summed E-state index contributed by atoms with van der Waals surface area (Å²) in [4.78, 5) is 11.4. The highest BCUT2D eigenvalue weighted by Crippen LogP contribution is 2.37. The maximum Gasteiger partial charge on any atom is 0.416 e. The molecule has 0 fully saturated rings. The molecule has 0 saturated carbocycles. The van der Waals surface area contributed by atoms with Crippen LogP contribution in [0, 0.1) is 0 Å². The zero-order valence-electron chi connectivity index (χ0n) is 10.5. The van der Waals surface area contributed by atoms with Gasteiger partial charge >= 0.3 is 12.4 Å². The molecular weight excluding hydrogens is 288 g/mol. The number of hydrogen-bond acceptors (Lipinski definition) is 1. The minimum absolute atomic E-state index is 0.0278. The van der Waals surface area contributed by atoms with Crippen molar-refractivity contribution in [3.8, 4) is 0 Å². The zero-order chi connectivity index (χ0) is 15.7. The molecule has 0 saturated heterocycles. The molecule has 0 aliphatic rings. The molecule has 2 nitrogen and oxygen atoms in total. The molecule has 8 heteroatoms. The summed E-state index contributed by atoms with van der Waals surface area (Å²) in [7, 11) is 1.25. The number of halogens is 6. The Balaban J connectivity index is 3.42. The first kappa shape index (κ1) is 16.3. The van der Waals surface area contributed by atoms with Gasteiger partial charge in [0.1, 0.15) is 0 Å². The van der Waals surface area contributed by atoms with Crippen LogP contribution in [0.15, 0.2) is 18.2 Å². The SMILES string of the molecule is CNC(=O)[C@H](C)c1cc(C(F)(F)F)cc(C(F)(F)F)c1. The number of alkyl halides is 6. The minimum atomic E-state index is -4.92. The van der Waals surface area contributed by atoms with Gasteiger partial charge in [0.2, 0.25) is 5.91 Å². The van der Waals surface area contributed by atoms with E-state index in [4.69, 9.17) is 0 Å². The van der Waals surface area contributed by atoms with E-state index in [0.717, 1.165) is 0 Å². The summed E-state index contributed by atoms with van der Waals surface area (Å²) in [6.45, 7) is 1.23. The molecule has 0 unspecified atom stereocenters. The van der Waals surface area contributed by atoms with E-state index in [1.807, 2.05) is 0 Å². The quantitative estimate of drug-likeness (QED) is 0.831. The number of rotatable bonds is 2. The maximum atomic E-state index is 12.6. The molecule has 1 amide bonds. The summed E-state index contributed by atoms with van der Waals surface area (Å²) >= 11 is 0. The fourth-order valence-electron chi connectivity index (χ4n) is 1.60. The van der Waals surface area contributed by atoms with Crippen molar-refractivity contribution >= 4 is 5.91 Å². The van der Waals surface area contributed by atoms with E-state index in [1.54, 1.807) is 0 Å². The Morgan fingerprint density at radius 1 is 1.00 bits per heavy atom. The van der Waals surface area contributed by atoms with Crippen molar-refractivity contribution in [2.75, 3.05) is 7.05 Å². The largest absolute Gasteiger partial charge is 0.416 e. The lowest BCUT2D eigenvalue weighted by atomic mass is 9.95. The highest BCUT2D eigenvalue weighted by atomic mass is 19.4. The van der Waals surface area contributed by atoms with Crippen LogP contribution in [0.2, 0.25) is 0 Å². The monoisotopic (exact) mass is 299 g/mol. The summed E-state index contributed by atoms with van der Waals surface area (Å²) < 4.78 is 75.7. The van der Waals surface area contributed by atoms with Gasteiger partial charge in [0.25, 0.3) is 0 Å². The van der Waals surface area contributed by atoms with Crippen molar-refractivity contribution in [1.29, 1.82) is 0 Å². The topological polar surface area (TPSA) is 29.1 Å². The summed E-state index contributed by atoms with van der Waals surface area (Å²) in [5.41, 5.74) is -3.21. The van der Waals surface area contributed by atoms with Gasteiger partial charge in [-0.15, -0.1) is 0 Å². The maximum absolute atomic E-state index is 12.6. The van der Waals surface area contributed by atoms with Gasteiger partial charge in [0, 0.05) is 7.05 Å². The van der Waals surface area contributed by atoms with Crippen LogP contribution in [0.25, 0.3) is 0 Å². The lowest BCUT2D eigenvalue weighted by Gasteiger charge is -2.17. The fourth-order valence-corrected chi connectivity index (χ4v) is 1.60. The highest BCUT2D eigenvalue weighted by molar-refractivity contribution is 5.83. The van der Waals surface area contributed by atoms with Crippen LogP contribution in [0.4, 0.5) is 26.3 Å².